The zero-order valence-corrected chi connectivity index (χ0v) is 15.1. The van der Waals surface area contributed by atoms with Crippen molar-refractivity contribution in [2.45, 2.75) is 33.2 Å². The van der Waals surface area contributed by atoms with Crippen molar-refractivity contribution in [3.8, 4) is 11.1 Å². The maximum absolute atomic E-state index is 11.9. The fraction of sp³-hybridized carbons (Fsp3) is 0.412. The Morgan fingerprint density at radius 3 is 2.64 bits per heavy atom. The lowest BCUT2D eigenvalue weighted by molar-refractivity contribution is -0.142. The molecule has 3 rings (SSSR count). The number of aryl methyl sites for hydroxylation is 1. The average Bonchev–Trinajstić information content (AvgIpc) is 3.25. The summed E-state index contributed by atoms with van der Waals surface area (Å²) < 4.78 is 1.87. The van der Waals surface area contributed by atoms with Gasteiger partial charge in [-0.15, -0.1) is 0 Å². The van der Waals surface area contributed by atoms with E-state index in [0.717, 1.165) is 27.4 Å². The highest BCUT2D eigenvalue weighted by Gasteiger charge is 2.30. The van der Waals surface area contributed by atoms with Crippen molar-refractivity contribution in [2.24, 2.45) is 0 Å². The average molecular weight is 360 g/mol. The minimum Gasteiger partial charge on any atom is -0.353 e. The van der Waals surface area contributed by atoms with E-state index in [-0.39, 0.29) is 37.1 Å². The van der Waals surface area contributed by atoms with Gasteiger partial charge in [0, 0.05) is 30.6 Å². The molecule has 8 heteroatoms. The van der Waals surface area contributed by atoms with E-state index < -0.39 is 0 Å². The van der Waals surface area contributed by atoms with E-state index in [2.05, 4.69) is 21.9 Å². The van der Waals surface area contributed by atoms with Crippen LogP contribution in [0.15, 0.2) is 16.8 Å². The first-order chi connectivity index (χ1) is 12.0. The molecule has 1 aliphatic heterocycles. The molecule has 0 unspecified atom stereocenters. The van der Waals surface area contributed by atoms with Crippen LogP contribution < -0.4 is 5.32 Å². The van der Waals surface area contributed by atoms with Crippen molar-refractivity contribution in [1.29, 1.82) is 0 Å². The first kappa shape index (κ1) is 17.3. The summed E-state index contributed by atoms with van der Waals surface area (Å²) in [5.74, 6) is -0.888. The topological polar surface area (TPSA) is 84.3 Å². The molecule has 0 bridgehead atoms. The number of thiophene rings is 1. The van der Waals surface area contributed by atoms with Gasteiger partial charge < -0.3 is 5.32 Å². The molecule has 25 heavy (non-hydrogen) atoms. The molecule has 3 heterocycles. The second-order valence-electron chi connectivity index (χ2n) is 6.00. The number of imide groups is 1. The molecule has 0 radical (unpaired) electrons. The summed E-state index contributed by atoms with van der Waals surface area (Å²) in [6.07, 6.45) is 0.395. The van der Waals surface area contributed by atoms with Gasteiger partial charge in [-0.1, -0.05) is 0 Å². The molecule has 0 spiro atoms. The quantitative estimate of drug-likeness (QED) is 0.791. The van der Waals surface area contributed by atoms with Gasteiger partial charge in [0.2, 0.25) is 17.7 Å². The highest BCUT2D eigenvalue weighted by Crippen LogP contribution is 2.28. The maximum atomic E-state index is 11.9. The molecule has 1 saturated heterocycles. The summed E-state index contributed by atoms with van der Waals surface area (Å²) in [5, 5.41) is 11.4. The Bertz CT molecular complexity index is 794. The number of carbonyl (C=O) groups excluding carboxylic acids is 3. The first-order valence-corrected chi connectivity index (χ1v) is 9.08. The van der Waals surface area contributed by atoms with E-state index in [1.807, 2.05) is 23.9 Å². The Morgan fingerprint density at radius 1 is 1.28 bits per heavy atom. The number of nitrogens with zero attached hydrogens (tertiary/aromatic N) is 3. The van der Waals surface area contributed by atoms with Gasteiger partial charge in [-0.25, -0.2) is 0 Å². The van der Waals surface area contributed by atoms with Crippen molar-refractivity contribution >= 4 is 29.1 Å². The normalized spacial score (nSPS) is 14.4. The lowest BCUT2D eigenvalue weighted by Crippen LogP contribution is -2.40. The van der Waals surface area contributed by atoms with E-state index >= 15 is 0 Å². The molecule has 2 aromatic rings. The Kier molecular flexibility index (Phi) is 4.98. The summed E-state index contributed by atoms with van der Waals surface area (Å²) in [7, 11) is 0. The van der Waals surface area contributed by atoms with Crippen LogP contribution in [0.4, 0.5) is 0 Å². The predicted octanol–water partition coefficient (Wildman–Crippen LogP) is 1.49. The van der Waals surface area contributed by atoms with Gasteiger partial charge in [-0.05, 0) is 36.2 Å². The van der Waals surface area contributed by atoms with Crippen LogP contribution >= 0.6 is 11.3 Å². The van der Waals surface area contributed by atoms with Crippen LogP contribution in [0.5, 0.6) is 0 Å². The lowest BCUT2D eigenvalue weighted by atomic mass is 10.1. The molecule has 3 amide bonds. The molecule has 1 fully saturated rings. The number of rotatable bonds is 6. The number of likely N-dealkylation sites (tertiary alicyclic amines) is 1. The van der Waals surface area contributed by atoms with Gasteiger partial charge in [0.25, 0.3) is 0 Å². The smallest absolute Gasteiger partial charge is 0.240 e. The van der Waals surface area contributed by atoms with Crippen LogP contribution in [-0.2, 0) is 20.9 Å². The molecule has 0 atom stereocenters. The monoisotopic (exact) mass is 360 g/mol. The van der Waals surface area contributed by atoms with Crippen molar-refractivity contribution in [3.63, 3.8) is 0 Å². The van der Waals surface area contributed by atoms with E-state index in [1.165, 1.54) is 0 Å². The van der Waals surface area contributed by atoms with Crippen LogP contribution in [0, 0.1) is 13.8 Å². The third-order valence-corrected chi connectivity index (χ3v) is 4.98. The van der Waals surface area contributed by atoms with Gasteiger partial charge >= 0.3 is 0 Å². The van der Waals surface area contributed by atoms with E-state index in [1.54, 1.807) is 11.3 Å². The number of amides is 3. The highest BCUT2D eigenvalue weighted by atomic mass is 32.1. The summed E-state index contributed by atoms with van der Waals surface area (Å²) in [5.41, 5.74) is 4.28. The second-order valence-corrected chi connectivity index (χ2v) is 6.78. The second kappa shape index (κ2) is 7.18. The van der Waals surface area contributed by atoms with Gasteiger partial charge in [0.05, 0.1) is 12.2 Å². The van der Waals surface area contributed by atoms with E-state index in [4.69, 9.17) is 0 Å². The number of nitrogens with one attached hydrogen (secondary N) is 1. The molecule has 1 aliphatic rings. The summed E-state index contributed by atoms with van der Waals surface area (Å²) in [6.45, 7) is 4.70. The van der Waals surface area contributed by atoms with E-state index in [0.29, 0.717) is 13.1 Å². The molecule has 2 aromatic heterocycles. The fourth-order valence-electron chi connectivity index (χ4n) is 3.04. The van der Waals surface area contributed by atoms with Crippen molar-refractivity contribution < 1.29 is 14.4 Å². The minimum atomic E-state index is -0.330. The predicted molar refractivity (Wildman–Crippen MR) is 94.0 cm³/mol. The summed E-state index contributed by atoms with van der Waals surface area (Å²) >= 11 is 1.64. The third kappa shape index (κ3) is 3.63. The Morgan fingerprint density at radius 2 is 2.00 bits per heavy atom. The number of aromatic nitrogens is 2. The molecule has 0 aromatic carbocycles. The van der Waals surface area contributed by atoms with Gasteiger partial charge in [-0.2, -0.15) is 16.4 Å². The van der Waals surface area contributed by atoms with Crippen LogP contribution in [0.3, 0.4) is 0 Å². The van der Waals surface area contributed by atoms with Crippen molar-refractivity contribution in [2.75, 3.05) is 13.1 Å². The van der Waals surface area contributed by atoms with Crippen molar-refractivity contribution in [1.82, 2.24) is 20.0 Å². The third-order valence-electron chi connectivity index (χ3n) is 4.29. The maximum Gasteiger partial charge on any atom is 0.240 e. The summed E-state index contributed by atoms with van der Waals surface area (Å²) in [6, 6.07) is 2.07. The van der Waals surface area contributed by atoms with Crippen LogP contribution in [0.25, 0.3) is 11.1 Å². The molecule has 0 saturated carbocycles. The van der Waals surface area contributed by atoms with Gasteiger partial charge in [0.1, 0.15) is 6.54 Å². The van der Waals surface area contributed by atoms with Gasteiger partial charge in [-0.3, -0.25) is 24.0 Å². The largest absolute Gasteiger partial charge is 0.353 e. The lowest BCUT2D eigenvalue weighted by Gasteiger charge is -2.13. The standard InChI is InChI=1S/C17H20N4O3S/c1-11-17(13-5-8-25-10-13)12(2)21(19-11)7-6-18-14(22)9-20-15(23)3-4-16(20)24/h5,8,10H,3-4,6-7,9H2,1-2H3,(H,18,22). The fourth-order valence-corrected chi connectivity index (χ4v) is 3.69. The molecule has 132 valence electrons. The SMILES string of the molecule is Cc1nn(CCNC(=O)CN2C(=O)CCC2=O)c(C)c1-c1ccsc1. The number of hydrogen-bond acceptors (Lipinski definition) is 5. The van der Waals surface area contributed by atoms with Crippen LogP contribution in [-0.4, -0.2) is 45.5 Å². The molecular weight excluding hydrogens is 340 g/mol. The molecule has 1 N–H and O–H groups in total. The Labute approximate surface area is 149 Å². The van der Waals surface area contributed by atoms with E-state index in [9.17, 15) is 14.4 Å². The van der Waals surface area contributed by atoms with Crippen LogP contribution in [0.1, 0.15) is 24.2 Å². The molecule has 7 nitrogen and oxygen atoms in total. The summed E-state index contributed by atoms with van der Waals surface area (Å²) in [4.78, 5) is 36.0. The van der Waals surface area contributed by atoms with Crippen molar-refractivity contribution in [3.05, 3.63) is 28.2 Å². The number of hydrogen-bond donors (Lipinski definition) is 1. The highest BCUT2D eigenvalue weighted by molar-refractivity contribution is 7.08. The number of carbonyl (C=O) groups is 3. The Balaban J connectivity index is 1.56. The molecule has 0 aliphatic carbocycles. The first-order valence-electron chi connectivity index (χ1n) is 8.14. The molecular formula is C17H20N4O3S. The van der Waals surface area contributed by atoms with Crippen LogP contribution in [0.2, 0.25) is 0 Å². The van der Waals surface area contributed by atoms with Gasteiger partial charge in [0.15, 0.2) is 0 Å². The Hall–Kier alpha value is -2.48. The zero-order valence-electron chi connectivity index (χ0n) is 14.2. The zero-order chi connectivity index (χ0) is 18.0. The minimum absolute atomic E-state index is 0.198.